The molecule has 0 spiro atoms. The first-order chi connectivity index (χ1) is 17.7. The first-order valence-corrected chi connectivity index (χ1v) is 13.2. The van der Waals surface area contributed by atoms with Crippen LogP contribution in [0.15, 0.2) is 27.9 Å². The quantitative estimate of drug-likeness (QED) is 0.270. The summed E-state index contributed by atoms with van der Waals surface area (Å²) in [4.78, 5) is 37.8. The van der Waals surface area contributed by atoms with Crippen LogP contribution in [0.3, 0.4) is 0 Å². The van der Waals surface area contributed by atoms with Crippen LogP contribution < -0.4 is 10.3 Å². The summed E-state index contributed by atoms with van der Waals surface area (Å²) in [5, 5.41) is 14.0. The highest BCUT2D eigenvalue weighted by atomic mass is 32.2. The van der Waals surface area contributed by atoms with E-state index in [4.69, 9.17) is 9.72 Å². The van der Waals surface area contributed by atoms with Gasteiger partial charge in [-0.1, -0.05) is 13.3 Å². The van der Waals surface area contributed by atoms with Gasteiger partial charge in [-0.25, -0.2) is 13.5 Å². The third kappa shape index (κ3) is 5.65. The second-order valence-corrected chi connectivity index (χ2v) is 10.3. The third-order valence-corrected chi connectivity index (χ3v) is 7.71. The SMILES string of the molecule is CCCc1nn(C)c2c(=O)[nH]c(-c3cc(S(=O)N4CC(N(C)CCO[N+](=O)[O-])C4)ccc3OCC)nc12. The van der Waals surface area contributed by atoms with E-state index in [1.165, 1.54) is 0 Å². The number of benzene rings is 1. The number of hydrogen-bond donors (Lipinski definition) is 1. The van der Waals surface area contributed by atoms with Crippen molar-refractivity contribution in [3.63, 3.8) is 0 Å². The summed E-state index contributed by atoms with van der Waals surface area (Å²) in [6.07, 6.45) is 1.56. The second kappa shape index (κ2) is 11.4. The van der Waals surface area contributed by atoms with Gasteiger partial charge < -0.3 is 14.6 Å². The van der Waals surface area contributed by atoms with E-state index in [1.54, 1.807) is 29.9 Å². The lowest BCUT2D eigenvalue weighted by atomic mass is 10.1. The number of nitrogens with zero attached hydrogens (tertiary/aromatic N) is 6. The average molecular weight is 534 g/mol. The first kappa shape index (κ1) is 26.7. The van der Waals surface area contributed by atoms with Crippen molar-refractivity contribution in [1.29, 1.82) is 0 Å². The van der Waals surface area contributed by atoms with E-state index < -0.39 is 16.1 Å². The summed E-state index contributed by atoms with van der Waals surface area (Å²) in [6.45, 7) is 5.79. The van der Waals surface area contributed by atoms with Gasteiger partial charge in [0.05, 0.1) is 22.8 Å². The predicted molar refractivity (Wildman–Crippen MR) is 137 cm³/mol. The number of hydrogen-bond acceptors (Lipinski definition) is 9. The summed E-state index contributed by atoms with van der Waals surface area (Å²) in [5.41, 5.74) is 1.95. The predicted octanol–water partition coefficient (Wildman–Crippen LogP) is 1.52. The highest BCUT2D eigenvalue weighted by Crippen LogP contribution is 2.32. The molecule has 1 atom stereocenters. The van der Waals surface area contributed by atoms with Crippen LogP contribution in [-0.2, 0) is 29.3 Å². The Morgan fingerprint density at radius 2 is 2.08 bits per heavy atom. The fraction of sp³-hybridized carbons (Fsp3) is 0.522. The van der Waals surface area contributed by atoms with Gasteiger partial charge in [0.25, 0.3) is 10.6 Å². The lowest BCUT2D eigenvalue weighted by Gasteiger charge is -2.42. The maximum absolute atomic E-state index is 13.3. The van der Waals surface area contributed by atoms with Crippen LogP contribution in [0.5, 0.6) is 5.75 Å². The number of aromatic nitrogens is 4. The monoisotopic (exact) mass is 533 g/mol. The van der Waals surface area contributed by atoms with Crippen molar-refractivity contribution in [3.05, 3.63) is 44.4 Å². The molecular weight excluding hydrogens is 502 g/mol. The molecule has 0 amide bonds. The van der Waals surface area contributed by atoms with E-state index >= 15 is 0 Å². The van der Waals surface area contributed by atoms with E-state index in [0.717, 1.165) is 12.1 Å². The van der Waals surface area contributed by atoms with Gasteiger partial charge in [-0.15, -0.1) is 10.1 Å². The Labute approximate surface area is 216 Å². The van der Waals surface area contributed by atoms with Crippen LogP contribution in [0.4, 0.5) is 0 Å². The van der Waals surface area contributed by atoms with Crippen LogP contribution in [0.1, 0.15) is 26.0 Å². The minimum absolute atomic E-state index is 0.0161. The van der Waals surface area contributed by atoms with Gasteiger partial charge in [-0.05, 0) is 38.6 Å². The zero-order chi connectivity index (χ0) is 26.7. The number of nitrogens with one attached hydrogen (secondary N) is 1. The molecule has 1 aromatic carbocycles. The lowest BCUT2D eigenvalue weighted by Crippen LogP contribution is -2.59. The van der Waals surface area contributed by atoms with Gasteiger partial charge in [0.1, 0.15) is 34.7 Å². The average Bonchev–Trinajstić information content (AvgIpc) is 3.14. The Balaban J connectivity index is 1.59. The molecule has 200 valence electrons. The number of aromatic amines is 1. The highest BCUT2D eigenvalue weighted by Gasteiger charge is 2.34. The van der Waals surface area contributed by atoms with Gasteiger partial charge >= 0.3 is 0 Å². The zero-order valence-corrected chi connectivity index (χ0v) is 22.1. The van der Waals surface area contributed by atoms with Gasteiger partial charge in [0.2, 0.25) is 0 Å². The molecule has 1 N–H and O–H groups in total. The van der Waals surface area contributed by atoms with Crippen LogP contribution in [0.25, 0.3) is 22.4 Å². The number of H-pyrrole nitrogens is 1. The molecule has 1 aliphatic rings. The Kier molecular flexibility index (Phi) is 8.19. The van der Waals surface area contributed by atoms with Crippen LogP contribution >= 0.6 is 0 Å². The minimum atomic E-state index is -1.45. The number of rotatable bonds is 12. The molecule has 1 aliphatic heterocycles. The number of fused-ring (bicyclic) bond motifs is 1. The van der Waals surface area contributed by atoms with Gasteiger partial charge in [0, 0.05) is 32.7 Å². The molecule has 4 rings (SSSR count). The molecule has 0 radical (unpaired) electrons. The molecule has 1 fully saturated rings. The van der Waals surface area contributed by atoms with Crippen LogP contribution in [0, 0.1) is 10.1 Å². The third-order valence-electron chi connectivity index (χ3n) is 6.28. The summed E-state index contributed by atoms with van der Waals surface area (Å²) in [6, 6.07) is 5.34. The van der Waals surface area contributed by atoms with Crippen molar-refractivity contribution < 1.29 is 18.9 Å². The van der Waals surface area contributed by atoms with E-state index in [-0.39, 0.29) is 18.2 Å². The van der Waals surface area contributed by atoms with Gasteiger partial charge in [0.15, 0.2) is 5.52 Å². The molecular formula is C23H31N7O6S. The summed E-state index contributed by atoms with van der Waals surface area (Å²) < 4.78 is 22.5. The topological polar surface area (TPSA) is 149 Å². The van der Waals surface area contributed by atoms with Crippen molar-refractivity contribution in [3.8, 4) is 17.1 Å². The molecule has 0 saturated carbocycles. The molecule has 1 unspecified atom stereocenters. The lowest BCUT2D eigenvalue weighted by molar-refractivity contribution is -0.757. The second-order valence-electron chi connectivity index (χ2n) is 8.81. The van der Waals surface area contributed by atoms with Crippen molar-refractivity contribution in [2.75, 3.05) is 39.9 Å². The highest BCUT2D eigenvalue weighted by molar-refractivity contribution is 7.82. The Bertz CT molecular complexity index is 1370. The van der Waals surface area contributed by atoms with E-state index in [1.807, 2.05) is 30.1 Å². The summed E-state index contributed by atoms with van der Waals surface area (Å²) in [5.74, 6) is 0.857. The maximum Gasteiger partial charge on any atom is 0.294 e. The van der Waals surface area contributed by atoms with E-state index in [2.05, 4.69) is 14.9 Å². The molecule has 3 heterocycles. The number of ether oxygens (including phenoxy) is 1. The molecule has 2 aromatic heterocycles. The summed E-state index contributed by atoms with van der Waals surface area (Å²) >= 11 is 0. The smallest absolute Gasteiger partial charge is 0.294 e. The molecule has 0 aliphatic carbocycles. The first-order valence-electron chi connectivity index (χ1n) is 12.1. The van der Waals surface area contributed by atoms with Gasteiger partial charge in [-0.3, -0.25) is 14.4 Å². The number of likely N-dealkylation sites (N-methyl/N-ethyl adjacent to an activating group) is 1. The largest absolute Gasteiger partial charge is 0.493 e. The molecule has 0 bridgehead atoms. The molecule has 3 aromatic rings. The normalized spacial score (nSPS) is 15.2. The molecule has 13 nitrogen and oxygen atoms in total. The van der Waals surface area contributed by atoms with E-state index in [0.29, 0.717) is 65.7 Å². The van der Waals surface area contributed by atoms with Crippen molar-refractivity contribution >= 4 is 22.0 Å². The fourth-order valence-electron chi connectivity index (χ4n) is 4.29. The molecule has 14 heteroatoms. The molecule has 1 saturated heterocycles. The van der Waals surface area contributed by atoms with Crippen molar-refractivity contribution in [2.24, 2.45) is 7.05 Å². The van der Waals surface area contributed by atoms with Crippen molar-refractivity contribution in [1.82, 2.24) is 29.0 Å². The number of aryl methyl sites for hydroxylation is 2. The molecule has 37 heavy (non-hydrogen) atoms. The zero-order valence-electron chi connectivity index (χ0n) is 21.3. The van der Waals surface area contributed by atoms with Crippen molar-refractivity contribution in [2.45, 2.75) is 37.6 Å². The fourth-order valence-corrected chi connectivity index (χ4v) is 5.60. The maximum atomic E-state index is 13.3. The Hall–Kier alpha value is -3.36. The Morgan fingerprint density at radius 3 is 2.76 bits per heavy atom. The Morgan fingerprint density at radius 1 is 1.32 bits per heavy atom. The standard InChI is InChI=1S/C23H31N7O6S/c1-5-7-18-20-21(28(4)26-18)23(31)25-22(24-20)17-12-16(8-9-19(17)35-6-2)37(34)29-13-15(14-29)27(3)10-11-36-30(32)33/h8-9,12,15H,5-7,10-11,13-14H2,1-4H3,(H,24,25,31). The van der Waals surface area contributed by atoms with Gasteiger partial charge in [-0.2, -0.15) is 5.10 Å². The van der Waals surface area contributed by atoms with Crippen LogP contribution in [0.2, 0.25) is 0 Å². The van der Waals surface area contributed by atoms with E-state index in [9.17, 15) is 19.1 Å². The summed E-state index contributed by atoms with van der Waals surface area (Å²) in [7, 11) is 2.13. The minimum Gasteiger partial charge on any atom is -0.493 e. The van der Waals surface area contributed by atoms with Crippen LogP contribution in [-0.4, -0.2) is 84.2 Å².